The molecule has 1 fully saturated rings. The van der Waals surface area contributed by atoms with Crippen LogP contribution in [0.25, 0.3) is 6.08 Å². The topological polar surface area (TPSA) is 67.9 Å². The number of benzene rings is 2. The molecule has 1 N–H and O–H groups in total. The zero-order valence-corrected chi connectivity index (χ0v) is 22.9. The van der Waals surface area contributed by atoms with Crippen molar-refractivity contribution in [3.05, 3.63) is 55.9 Å². The fraction of sp³-hybridized carbons (Fsp3) is 0.292. The molecule has 1 saturated heterocycles. The summed E-state index contributed by atoms with van der Waals surface area (Å²) in [5, 5.41) is 3.70. The van der Waals surface area contributed by atoms with Gasteiger partial charge in [0.05, 0.1) is 39.9 Å². The van der Waals surface area contributed by atoms with Gasteiger partial charge in [0.25, 0.3) is 5.91 Å². The van der Waals surface area contributed by atoms with Crippen molar-refractivity contribution in [3.63, 3.8) is 0 Å². The molecular weight excluding hydrogens is 551 g/mol. The highest BCUT2D eigenvalue weighted by atomic mass is 35.5. The molecule has 1 aliphatic rings. The van der Waals surface area contributed by atoms with Crippen molar-refractivity contribution in [3.8, 4) is 11.5 Å². The highest BCUT2D eigenvalue weighted by Gasteiger charge is 2.31. The highest BCUT2D eigenvalue weighted by molar-refractivity contribution is 8.26. The Morgan fingerprint density at radius 1 is 1.03 bits per heavy atom. The summed E-state index contributed by atoms with van der Waals surface area (Å²) in [5.74, 6) is 0.906. The molecule has 186 valence electrons. The molecule has 6 nitrogen and oxygen atoms in total. The fourth-order valence-corrected chi connectivity index (χ4v) is 5.25. The Morgan fingerprint density at radius 3 is 2.46 bits per heavy atom. The molecule has 3 rings (SSSR count). The van der Waals surface area contributed by atoms with Crippen LogP contribution in [0.2, 0.25) is 15.1 Å². The smallest absolute Gasteiger partial charge is 0.266 e. The Labute approximate surface area is 228 Å². The quantitative estimate of drug-likeness (QED) is 0.142. The van der Waals surface area contributed by atoms with Crippen LogP contribution in [0.4, 0.5) is 5.69 Å². The number of nitrogens with zero attached hydrogens (tertiary/aromatic N) is 1. The molecule has 35 heavy (non-hydrogen) atoms. The van der Waals surface area contributed by atoms with E-state index in [0.717, 1.165) is 18.4 Å². The number of methoxy groups -OCH3 is 2. The van der Waals surface area contributed by atoms with Crippen LogP contribution in [0.1, 0.15) is 31.2 Å². The molecule has 0 aromatic heterocycles. The lowest BCUT2D eigenvalue weighted by Gasteiger charge is -2.14. The minimum atomic E-state index is -0.172. The van der Waals surface area contributed by atoms with Crippen molar-refractivity contribution < 1.29 is 19.1 Å². The van der Waals surface area contributed by atoms with E-state index in [0.29, 0.717) is 60.9 Å². The van der Waals surface area contributed by atoms with Crippen LogP contribution >= 0.6 is 58.8 Å². The van der Waals surface area contributed by atoms with E-state index in [1.54, 1.807) is 31.3 Å². The minimum absolute atomic E-state index is 0.123. The first-order chi connectivity index (χ1) is 16.7. The molecule has 2 amide bonds. The van der Waals surface area contributed by atoms with Crippen LogP contribution in [0.5, 0.6) is 11.5 Å². The molecule has 0 aliphatic carbocycles. The van der Waals surface area contributed by atoms with Crippen molar-refractivity contribution >= 4 is 86.7 Å². The molecule has 0 atom stereocenters. The van der Waals surface area contributed by atoms with Gasteiger partial charge in [-0.05, 0) is 48.7 Å². The van der Waals surface area contributed by atoms with Crippen LogP contribution in [0.3, 0.4) is 0 Å². The van der Waals surface area contributed by atoms with Crippen LogP contribution in [-0.4, -0.2) is 41.8 Å². The standard InChI is InChI=1S/C24H23Cl3N2O4S2/c1-32-19-8-7-14(10-20(19)33-2)11-21-23(31)29(24(34)35-21)9-5-3-4-6-22(30)28-18-13-16(26)15(25)12-17(18)27/h7-8,10-13H,3-6,9H2,1-2H3,(H,28,30). The number of rotatable bonds is 10. The van der Waals surface area contributed by atoms with Gasteiger partial charge in [-0.1, -0.05) is 71.3 Å². The number of ether oxygens (including phenoxy) is 2. The zero-order chi connectivity index (χ0) is 25.5. The van der Waals surface area contributed by atoms with Gasteiger partial charge in [0.1, 0.15) is 4.32 Å². The maximum atomic E-state index is 12.9. The van der Waals surface area contributed by atoms with Crippen LogP contribution in [-0.2, 0) is 9.59 Å². The summed E-state index contributed by atoms with van der Waals surface area (Å²) in [5.41, 5.74) is 1.24. The lowest BCUT2D eigenvalue weighted by atomic mass is 10.1. The normalized spacial score (nSPS) is 14.5. The first-order valence-corrected chi connectivity index (χ1v) is 13.0. The third-order valence-electron chi connectivity index (χ3n) is 5.15. The van der Waals surface area contributed by atoms with Crippen molar-refractivity contribution in [2.75, 3.05) is 26.1 Å². The Kier molecular flexibility index (Phi) is 10.1. The first-order valence-electron chi connectivity index (χ1n) is 10.6. The number of thioether (sulfide) groups is 1. The minimum Gasteiger partial charge on any atom is -0.493 e. The number of anilines is 1. The summed E-state index contributed by atoms with van der Waals surface area (Å²) in [7, 11) is 3.13. The van der Waals surface area contributed by atoms with E-state index in [9.17, 15) is 9.59 Å². The molecule has 11 heteroatoms. The molecule has 0 spiro atoms. The van der Waals surface area contributed by atoms with Gasteiger partial charge in [-0.25, -0.2) is 0 Å². The Hall–Kier alpha value is -1.97. The summed E-state index contributed by atoms with van der Waals surface area (Å²) in [6.45, 7) is 0.494. The molecule has 2 aromatic carbocycles. The number of carbonyl (C=O) groups is 2. The molecule has 2 aromatic rings. The summed E-state index contributed by atoms with van der Waals surface area (Å²) < 4.78 is 11.1. The average molecular weight is 574 g/mol. The maximum absolute atomic E-state index is 12.9. The molecule has 0 unspecified atom stereocenters. The predicted molar refractivity (Wildman–Crippen MR) is 148 cm³/mol. The molecule has 0 radical (unpaired) electrons. The SMILES string of the molecule is COc1ccc(C=C2SC(=S)N(CCCCCC(=O)Nc3cc(Cl)c(Cl)cc3Cl)C2=O)cc1OC. The second kappa shape index (κ2) is 12.8. The molecule has 1 aliphatic heterocycles. The van der Waals surface area contributed by atoms with E-state index in [-0.39, 0.29) is 11.8 Å². The second-order valence-electron chi connectivity index (χ2n) is 7.55. The van der Waals surface area contributed by atoms with Crippen LogP contribution < -0.4 is 14.8 Å². The van der Waals surface area contributed by atoms with E-state index < -0.39 is 0 Å². The predicted octanol–water partition coefficient (Wildman–Crippen LogP) is 7.06. The van der Waals surface area contributed by atoms with Gasteiger partial charge in [0.15, 0.2) is 11.5 Å². The van der Waals surface area contributed by atoms with E-state index in [1.807, 2.05) is 12.1 Å². The average Bonchev–Trinajstić information content (AvgIpc) is 3.09. The highest BCUT2D eigenvalue weighted by Crippen LogP contribution is 2.35. The van der Waals surface area contributed by atoms with Gasteiger partial charge >= 0.3 is 0 Å². The Morgan fingerprint density at radius 2 is 1.74 bits per heavy atom. The third kappa shape index (κ3) is 7.27. The van der Waals surface area contributed by atoms with E-state index in [4.69, 9.17) is 56.5 Å². The molecule has 0 saturated carbocycles. The summed E-state index contributed by atoms with van der Waals surface area (Å²) in [6.07, 6.45) is 4.24. The number of hydrogen-bond acceptors (Lipinski definition) is 6. The fourth-order valence-electron chi connectivity index (χ4n) is 3.35. The molecular formula is C24H23Cl3N2O4S2. The van der Waals surface area contributed by atoms with Gasteiger partial charge in [0.2, 0.25) is 5.91 Å². The summed E-state index contributed by atoms with van der Waals surface area (Å²) >= 11 is 24.7. The van der Waals surface area contributed by atoms with E-state index in [1.165, 1.54) is 23.9 Å². The zero-order valence-electron chi connectivity index (χ0n) is 19.0. The second-order valence-corrected chi connectivity index (χ2v) is 10.5. The number of nitrogens with one attached hydrogen (secondary N) is 1. The summed E-state index contributed by atoms with van der Waals surface area (Å²) in [6, 6.07) is 8.46. The van der Waals surface area contributed by atoms with Gasteiger partial charge in [-0.15, -0.1) is 0 Å². The van der Waals surface area contributed by atoms with Gasteiger partial charge in [-0.3, -0.25) is 14.5 Å². The van der Waals surface area contributed by atoms with Crippen molar-refractivity contribution in [1.82, 2.24) is 4.90 Å². The number of unbranched alkanes of at least 4 members (excludes halogenated alkanes) is 2. The maximum Gasteiger partial charge on any atom is 0.266 e. The number of carbonyl (C=O) groups excluding carboxylic acids is 2. The largest absolute Gasteiger partial charge is 0.493 e. The monoisotopic (exact) mass is 572 g/mol. The summed E-state index contributed by atoms with van der Waals surface area (Å²) in [4.78, 5) is 27.2. The van der Waals surface area contributed by atoms with Crippen molar-refractivity contribution in [1.29, 1.82) is 0 Å². The van der Waals surface area contributed by atoms with E-state index in [2.05, 4.69) is 5.32 Å². The van der Waals surface area contributed by atoms with Gasteiger partial charge in [0, 0.05) is 13.0 Å². The number of hydrogen-bond donors (Lipinski definition) is 1. The van der Waals surface area contributed by atoms with Crippen LogP contribution in [0.15, 0.2) is 35.2 Å². The van der Waals surface area contributed by atoms with Crippen LogP contribution in [0, 0.1) is 0 Å². The van der Waals surface area contributed by atoms with Crippen molar-refractivity contribution in [2.45, 2.75) is 25.7 Å². The van der Waals surface area contributed by atoms with E-state index >= 15 is 0 Å². The van der Waals surface area contributed by atoms with Gasteiger partial charge < -0.3 is 14.8 Å². The molecule has 1 heterocycles. The van der Waals surface area contributed by atoms with Crippen molar-refractivity contribution in [2.24, 2.45) is 0 Å². The Balaban J connectivity index is 1.47. The third-order valence-corrected chi connectivity index (χ3v) is 7.56. The van der Waals surface area contributed by atoms with Gasteiger partial charge in [-0.2, -0.15) is 0 Å². The lowest BCUT2D eigenvalue weighted by molar-refractivity contribution is -0.122. The molecule has 0 bridgehead atoms. The first kappa shape index (κ1) is 27.6. The lowest BCUT2D eigenvalue weighted by Crippen LogP contribution is -2.29. The number of halogens is 3. The number of thiocarbonyl (C=S) groups is 1. The number of amides is 2. The Bertz CT molecular complexity index is 1170.